The first-order valence-corrected chi connectivity index (χ1v) is 4.90. The number of amides is 2. The number of ketones is 1. The fourth-order valence-corrected chi connectivity index (χ4v) is 0.902. The Morgan fingerprint density at radius 3 is 1.80 bits per heavy atom. The van der Waals surface area contributed by atoms with Crippen LogP contribution in [0, 0.1) is 0 Å². The van der Waals surface area contributed by atoms with E-state index in [4.69, 9.17) is 0 Å². The van der Waals surface area contributed by atoms with E-state index in [1.54, 1.807) is 0 Å². The predicted molar refractivity (Wildman–Crippen MR) is 56.3 cm³/mol. The summed E-state index contributed by atoms with van der Waals surface area (Å²) in [6.07, 6.45) is 1.33. The summed E-state index contributed by atoms with van der Waals surface area (Å²) in [5, 5.41) is 1.92. The fourth-order valence-electron chi connectivity index (χ4n) is 0.791. The normalized spacial score (nSPS) is 14.0. The molecule has 0 atom stereocenters. The molecule has 0 spiro atoms. The summed E-state index contributed by atoms with van der Waals surface area (Å²) in [6.45, 7) is 1.46. The second-order valence-corrected chi connectivity index (χ2v) is 3.57. The van der Waals surface area contributed by atoms with Gasteiger partial charge < -0.3 is 4.79 Å². The van der Waals surface area contributed by atoms with Gasteiger partial charge in [0.15, 0.2) is 5.12 Å². The molecule has 1 rings (SSSR count). The van der Waals surface area contributed by atoms with Gasteiger partial charge in [0.1, 0.15) is 5.78 Å². The van der Waals surface area contributed by atoms with Crippen LogP contribution in [0.4, 0.5) is 0 Å². The number of carbonyl (C=O) groups excluding carboxylic acids is 4. The minimum absolute atomic E-state index is 0.0346. The van der Waals surface area contributed by atoms with Crippen molar-refractivity contribution in [3.8, 4) is 0 Å². The van der Waals surface area contributed by atoms with Crippen LogP contribution >= 0.6 is 12.6 Å². The van der Waals surface area contributed by atoms with Crippen molar-refractivity contribution in [1.29, 1.82) is 0 Å². The van der Waals surface area contributed by atoms with E-state index in [0.29, 0.717) is 19.3 Å². The van der Waals surface area contributed by atoms with Crippen molar-refractivity contribution in [2.75, 3.05) is 0 Å². The zero-order chi connectivity index (χ0) is 11.8. The molecule has 0 radical (unpaired) electrons. The monoisotopic (exact) mass is 231 g/mol. The van der Waals surface area contributed by atoms with Gasteiger partial charge in [-0.2, -0.15) is 0 Å². The number of carbonyl (C=O) groups is 4. The Hall–Kier alpha value is -1.17. The Morgan fingerprint density at radius 2 is 1.67 bits per heavy atom. The molecule has 1 N–H and O–H groups in total. The highest BCUT2D eigenvalue weighted by Gasteiger charge is 2.15. The molecule has 0 saturated carbocycles. The molecule has 1 saturated heterocycles. The lowest BCUT2D eigenvalue weighted by Gasteiger charge is -1.86. The average Bonchev–Trinajstić information content (AvgIpc) is 2.47. The van der Waals surface area contributed by atoms with Crippen molar-refractivity contribution < 1.29 is 19.2 Å². The van der Waals surface area contributed by atoms with E-state index in [1.807, 2.05) is 0 Å². The van der Waals surface area contributed by atoms with Gasteiger partial charge in [0, 0.05) is 25.7 Å². The topological polar surface area (TPSA) is 80.3 Å². The van der Waals surface area contributed by atoms with Crippen molar-refractivity contribution >= 4 is 35.3 Å². The first kappa shape index (κ1) is 13.8. The lowest BCUT2D eigenvalue weighted by molar-refractivity contribution is -0.124. The molecule has 2 amide bonds. The Morgan fingerprint density at radius 1 is 1.20 bits per heavy atom. The van der Waals surface area contributed by atoms with Gasteiger partial charge >= 0.3 is 0 Å². The fraction of sp³-hybridized carbons (Fsp3) is 0.556. The van der Waals surface area contributed by atoms with E-state index in [0.717, 1.165) is 0 Å². The molecule has 5 nitrogen and oxygen atoms in total. The summed E-state index contributed by atoms with van der Waals surface area (Å²) in [7, 11) is 0. The predicted octanol–water partition coefficient (Wildman–Crippen LogP) is 0.235. The van der Waals surface area contributed by atoms with Gasteiger partial charge in [-0.15, -0.1) is 12.6 Å². The summed E-state index contributed by atoms with van der Waals surface area (Å²) in [5.41, 5.74) is 0. The minimum Gasteiger partial charge on any atom is -0.300 e. The number of nitrogens with one attached hydrogen (secondary N) is 1. The third kappa shape index (κ3) is 9.14. The Bertz CT molecular complexity index is 260. The number of thiol groups is 1. The van der Waals surface area contributed by atoms with Gasteiger partial charge in [-0.1, -0.05) is 0 Å². The zero-order valence-electron chi connectivity index (χ0n) is 8.41. The van der Waals surface area contributed by atoms with Crippen LogP contribution in [0.2, 0.25) is 0 Å². The molecule has 84 valence electrons. The molecule has 0 bridgehead atoms. The van der Waals surface area contributed by atoms with E-state index in [-0.39, 0.29) is 29.1 Å². The van der Waals surface area contributed by atoms with Crippen LogP contribution in [-0.2, 0) is 19.2 Å². The van der Waals surface area contributed by atoms with Crippen LogP contribution in [0.1, 0.15) is 32.6 Å². The maximum atomic E-state index is 10.2. The molecule has 0 unspecified atom stereocenters. The standard InChI is InChI=1S/C5H8O2S.C4H5NO2/c1-4(6)2-3-5(7)8;6-3-1-2-4(7)5-3/h2-3H2,1H3,(H,7,8);1-2H2,(H,5,6,7). The number of rotatable bonds is 3. The average molecular weight is 231 g/mol. The van der Waals surface area contributed by atoms with Crippen molar-refractivity contribution in [3.63, 3.8) is 0 Å². The summed E-state index contributed by atoms with van der Waals surface area (Å²) in [6, 6.07) is 0. The molecule has 6 heteroatoms. The Balaban J connectivity index is 0.000000262. The van der Waals surface area contributed by atoms with Crippen LogP contribution < -0.4 is 5.32 Å². The molecule has 0 aromatic carbocycles. The van der Waals surface area contributed by atoms with Crippen LogP contribution in [0.3, 0.4) is 0 Å². The maximum Gasteiger partial charge on any atom is 0.227 e. The highest BCUT2D eigenvalue weighted by Crippen LogP contribution is 1.96. The van der Waals surface area contributed by atoms with E-state index in [2.05, 4.69) is 17.9 Å². The third-order valence-electron chi connectivity index (χ3n) is 1.55. The molecule has 1 fully saturated rings. The lowest BCUT2D eigenvalue weighted by Crippen LogP contribution is -2.18. The van der Waals surface area contributed by atoms with Gasteiger partial charge in [-0.05, 0) is 6.92 Å². The van der Waals surface area contributed by atoms with E-state index in [9.17, 15) is 19.2 Å². The quantitative estimate of drug-likeness (QED) is 0.538. The number of hydrogen-bond donors (Lipinski definition) is 2. The van der Waals surface area contributed by atoms with Crippen LogP contribution in [0.15, 0.2) is 0 Å². The first-order valence-electron chi connectivity index (χ1n) is 4.45. The maximum absolute atomic E-state index is 10.2. The van der Waals surface area contributed by atoms with Gasteiger partial charge in [-0.3, -0.25) is 19.7 Å². The van der Waals surface area contributed by atoms with Crippen molar-refractivity contribution in [2.24, 2.45) is 0 Å². The van der Waals surface area contributed by atoms with Gasteiger partial charge in [0.05, 0.1) is 0 Å². The summed E-state index contributed by atoms with van der Waals surface area (Å²) >= 11 is 3.48. The second-order valence-electron chi connectivity index (χ2n) is 3.07. The molecule has 0 aromatic heterocycles. The summed E-state index contributed by atoms with van der Waals surface area (Å²) in [4.78, 5) is 40.5. The Kier molecular flexibility index (Phi) is 6.61. The highest BCUT2D eigenvalue weighted by atomic mass is 32.1. The summed E-state index contributed by atoms with van der Waals surface area (Å²) < 4.78 is 0. The largest absolute Gasteiger partial charge is 0.300 e. The van der Waals surface area contributed by atoms with Gasteiger partial charge in [0.2, 0.25) is 11.8 Å². The number of imide groups is 1. The van der Waals surface area contributed by atoms with Gasteiger partial charge in [-0.25, -0.2) is 0 Å². The minimum atomic E-state index is -0.222. The van der Waals surface area contributed by atoms with Crippen LogP contribution in [0.5, 0.6) is 0 Å². The van der Waals surface area contributed by atoms with Crippen molar-refractivity contribution in [2.45, 2.75) is 32.6 Å². The van der Waals surface area contributed by atoms with Crippen LogP contribution in [0.25, 0.3) is 0 Å². The first-order chi connectivity index (χ1) is 6.91. The second kappa shape index (κ2) is 7.17. The molecular formula is C9H13NO4S. The highest BCUT2D eigenvalue weighted by molar-refractivity contribution is 7.96. The van der Waals surface area contributed by atoms with Gasteiger partial charge in [0.25, 0.3) is 0 Å². The van der Waals surface area contributed by atoms with E-state index in [1.165, 1.54) is 6.92 Å². The van der Waals surface area contributed by atoms with E-state index < -0.39 is 0 Å². The number of hydrogen-bond acceptors (Lipinski definition) is 4. The van der Waals surface area contributed by atoms with Crippen LogP contribution in [-0.4, -0.2) is 22.7 Å². The molecule has 15 heavy (non-hydrogen) atoms. The number of Topliss-reactive ketones (excluding diaryl/α,β-unsaturated/α-hetero) is 1. The molecule has 0 aliphatic carbocycles. The molecular weight excluding hydrogens is 218 g/mol. The zero-order valence-corrected chi connectivity index (χ0v) is 9.30. The Labute approximate surface area is 93.0 Å². The smallest absolute Gasteiger partial charge is 0.227 e. The molecule has 1 aliphatic heterocycles. The SMILES string of the molecule is CC(=O)CCC(=O)S.O=C1CCC(=O)N1. The van der Waals surface area contributed by atoms with Crippen molar-refractivity contribution in [3.05, 3.63) is 0 Å². The molecule has 0 aromatic rings. The summed E-state index contributed by atoms with van der Waals surface area (Å²) in [5.74, 6) is -0.262. The lowest BCUT2D eigenvalue weighted by atomic mass is 10.2. The van der Waals surface area contributed by atoms with Crippen molar-refractivity contribution in [1.82, 2.24) is 5.32 Å². The van der Waals surface area contributed by atoms with E-state index >= 15 is 0 Å². The molecule has 1 aliphatic rings. The molecule has 1 heterocycles. The third-order valence-corrected chi connectivity index (χ3v) is 1.77.